The van der Waals surface area contributed by atoms with Gasteiger partial charge in [-0.2, -0.15) is 0 Å². The summed E-state index contributed by atoms with van der Waals surface area (Å²) in [6.07, 6.45) is 2.73. The van der Waals surface area contributed by atoms with E-state index in [0.29, 0.717) is 52.7 Å². The lowest BCUT2D eigenvalue weighted by atomic mass is 10.1. The van der Waals surface area contributed by atoms with Crippen LogP contribution < -0.4 is 15.4 Å². The summed E-state index contributed by atoms with van der Waals surface area (Å²) >= 11 is 0. The largest absolute Gasteiger partial charge is 0.493 e. The first-order chi connectivity index (χ1) is 16.8. The van der Waals surface area contributed by atoms with Crippen LogP contribution in [-0.4, -0.2) is 51.6 Å². The van der Waals surface area contributed by atoms with E-state index in [1.807, 2.05) is 0 Å². The molecule has 0 bridgehead atoms. The Kier molecular flexibility index (Phi) is 6.12. The summed E-state index contributed by atoms with van der Waals surface area (Å²) in [4.78, 5) is 36.3. The standard InChI is InChI=1S/C25H27F2N5O3/c1-12-21(25(34)32-19-9-16(8-18(19)27)31-13(2)33)23-24(30-12)22(28-11-29-23)17-7-15(26)5-6-20(17)35-10-14-3-4-14/h5-7,11,14,16,18-19,30H,3-4,8-10H2,1-2H3,(H,31,33)(H,32,34). The highest BCUT2D eigenvalue weighted by Gasteiger charge is 2.36. The van der Waals surface area contributed by atoms with E-state index in [9.17, 15) is 18.4 Å². The van der Waals surface area contributed by atoms with Gasteiger partial charge in [-0.3, -0.25) is 9.59 Å². The minimum absolute atomic E-state index is 0.146. The topological polar surface area (TPSA) is 109 Å². The molecule has 3 atom stereocenters. The molecule has 35 heavy (non-hydrogen) atoms. The Labute approximate surface area is 200 Å². The third-order valence-electron chi connectivity index (χ3n) is 6.58. The molecular weight excluding hydrogens is 456 g/mol. The summed E-state index contributed by atoms with van der Waals surface area (Å²) in [7, 11) is 0. The van der Waals surface area contributed by atoms with Crippen molar-refractivity contribution >= 4 is 22.8 Å². The Morgan fingerprint density at radius 2 is 2.00 bits per heavy atom. The number of fused-ring (bicyclic) bond motifs is 1. The molecule has 3 aromatic rings. The van der Waals surface area contributed by atoms with E-state index in [2.05, 4.69) is 25.6 Å². The van der Waals surface area contributed by atoms with Gasteiger partial charge in [-0.25, -0.2) is 18.7 Å². The van der Waals surface area contributed by atoms with Crippen LogP contribution in [0.4, 0.5) is 8.78 Å². The molecule has 3 unspecified atom stereocenters. The summed E-state index contributed by atoms with van der Waals surface area (Å²) in [5.74, 6) is -0.119. The number of nitrogens with zero attached hydrogens (tertiary/aromatic N) is 2. The number of amides is 2. The van der Waals surface area contributed by atoms with Crippen LogP contribution in [0.2, 0.25) is 0 Å². The molecule has 184 valence electrons. The van der Waals surface area contributed by atoms with Gasteiger partial charge in [0.2, 0.25) is 5.91 Å². The molecule has 0 spiro atoms. The van der Waals surface area contributed by atoms with E-state index in [0.717, 1.165) is 12.8 Å². The fourth-order valence-corrected chi connectivity index (χ4v) is 4.69. The molecule has 3 N–H and O–H groups in total. The third-order valence-corrected chi connectivity index (χ3v) is 6.58. The molecule has 2 saturated carbocycles. The molecular formula is C25H27F2N5O3. The van der Waals surface area contributed by atoms with Gasteiger partial charge in [0.25, 0.3) is 5.91 Å². The number of benzene rings is 1. The number of rotatable bonds is 7. The van der Waals surface area contributed by atoms with Gasteiger partial charge in [-0.05, 0) is 50.3 Å². The highest BCUT2D eigenvalue weighted by atomic mass is 19.1. The van der Waals surface area contributed by atoms with Crippen molar-refractivity contribution in [1.29, 1.82) is 0 Å². The molecule has 0 radical (unpaired) electrons. The van der Waals surface area contributed by atoms with E-state index in [-0.39, 0.29) is 23.9 Å². The van der Waals surface area contributed by atoms with Gasteiger partial charge in [-0.1, -0.05) is 0 Å². The second-order valence-corrected chi connectivity index (χ2v) is 9.43. The van der Waals surface area contributed by atoms with Gasteiger partial charge in [0.05, 0.1) is 23.7 Å². The Hall–Kier alpha value is -3.56. The van der Waals surface area contributed by atoms with Crippen molar-refractivity contribution in [2.24, 2.45) is 5.92 Å². The third kappa shape index (κ3) is 4.82. The molecule has 5 rings (SSSR count). The van der Waals surface area contributed by atoms with Crippen LogP contribution in [0.5, 0.6) is 5.75 Å². The van der Waals surface area contributed by atoms with Crippen LogP contribution in [0.15, 0.2) is 24.5 Å². The van der Waals surface area contributed by atoms with Crippen LogP contribution >= 0.6 is 0 Å². The lowest BCUT2D eigenvalue weighted by molar-refractivity contribution is -0.119. The summed E-state index contributed by atoms with van der Waals surface area (Å²) in [6.45, 7) is 3.65. The molecule has 2 heterocycles. The average molecular weight is 484 g/mol. The molecule has 2 amide bonds. The molecule has 1 aromatic carbocycles. The molecule has 2 fully saturated rings. The van der Waals surface area contributed by atoms with E-state index in [4.69, 9.17) is 4.74 Å². The first-order valence-electron chi connectivity index (χ1n) is 11.8. The minimum Gasteiger partial charge on any atom is -0.493 e. The number of ether oxygens (including phenoxy) is 1. The van der Waals surface area contributed by atoms with Crippen molar-refractivity contribution in [2.45, 2.75) is 57.8 Å². The summed E-state index contributed by atoms with van der Waals surface area (Å²) in [6, 6.07) is 3.22. The first kappa shape index (κ1) is 23.2. The fourth-order valence-electron chi connectivity index (χ4n) is 4.69. The van der Waals surface area contributed by atoms with Crippen LogP contribution in [-0.2, 0) is 4.79 Å². The van der Waals surface area contributed by atoms with Crippen molar-refractivity contribution in [1.82, 2.24) is 25.6 Å². The normalized spacial score (nSPS) is 21.8. The quantitative estimate of drug-likeness (QED) is 0.476. The zero-order chi connectivity index (χ0) is 24.7. The van der Waals surface area contributed by atoms with Crippen molar-refractivity contribution < 1.29 is 23.1 Å². The Morgan fingerprint density at radius 3 is 2.74 bits per heavy atom. The fraction of sp³-hybridized carbons (Fsp3) is 0.440. The van der Waals surface area contributed by atoms with Crippen LogP contribution in [0.3, 0.4) is 0 Å². The Morgan fingerprint density at radius 1 is 1.20 bits per heavy atom. The number of nitrogens with one attached hydrogen (secondary N) is 3. The average Bonchev–Trinajstić information content (AvgIpc) is 3.48. The second-order valence-electron chi connectivity index (χ2n) is 9.43. The van der Waals surface area contributed by atoms with E-state index >= 15 is 0 Å². The number of aromatic amines is 1. The summed E-state index contributed by atoms with van der Waals surface area (Å²) in [5, 5.41) is 5.46. The number of carbonyl (C=O) groups excluding carboxylic acids is 2. The maximum absolute atomic E-state index is 14.6. The van der Waals surface area contributed by atoms with Gasteiger partial charge in [0.1, 0.15) is 35.3 Å². The summed E-state index contributed by atoms with van der Waals surface area (Å²) < 4.78 is 34.7. The van der Waals surface area contributed by atoms with Gasteiger partial charge < -0.3 is 20.4 Å². The van der Waals surface area contributed by atoms with E-state index < -0.39 is 23.9 Å². The number of aryl methyl sites for hydroxylation is 1. The van der Waals surface area contributed by atoms with Gasteiger partial charge >= 0.3 is 0 Å². The number of aromatic nitrogens is 3. The molecule has 2 aliphatic rings. The minimum atomic E-state index is -1.27. The van der Waals surface area contributed by atoms with Crippen molar-refractivity contribution in [2.75, 3.05) is 6.61 Å². The predicted octanol–water partition coefficient (Wildman–Crippen LogP) is 3.60. The van der Waals surface area contributed by atoms with Gasteiger partial charge in [0.15, 0.2) is 0 Å². The molecule has 8 nitrogen and oxygen atoms in total. The molecule has 10 heteroatoms. The number of alkyl halides is 1. The monoisotopic (exact) mass is 483 g/mol. The highest BCUT2D eigenvalue weighted by Crippen LogP contribution is 2.37. The predicted molar refractivity (Wildman–Crippen MR) is 125 cm³/mol. The van der Waals surface area contributed by atoms with Crippen molar-refractivity contribution in [3.63, 3.8) is 0 Å². The Bertz CT molecular complexity index is 1290. The number of hydrogen-bond donors (Lipinski definition) is 3. The smallest absolute Gasteiger partial charge is 0.255 e. The Balaban J connectivity index is 1.45. The van der Waals surface area contributed by atoms with Gasteiger partial charge in [0, 0.05) is 30.6 Å². The molecule has 0 saturated heterocycles. The van der Waals surface area contributed by atoms with Gasteiger partial charge in [-0.15, -0.1) is 0 Å². The number of hydrogen-bond acceptors (Lipinski definition) is 5. The lowest BCUT2D eigenvalue weighted by Gasteiger charge is -2.15. The maximum atomic E-state index is 14.6. The maximum Gasteiger partial charge on any atom is 0.255 e. The SMILES string of the molecule is CC(=O)NC1CC(F)C(NC(=O)c2c(C)[nH]c3c(-c4cc(F)ccc4OCC4CC4)ncnc23)C1. The molecule has 2 aliphatic carbocycles. The van der Waals surface area contributed by atoms with Crippen LogP contribution in [0.1, 0.15) is 48.7 Å². The second kappa shape index (κ2) is 9.24. The van der Waals surface area contributed by atoms with E-state index in [1.165, 1.54) is 25.4 Å². The highest BCUT2D eigenvalue weighted by molar-refractivity contribution is 6.09. The molecule has 2 aromatic heterocycles. The zero-order valence-electron chi connectivity index (χ0n) is 19.5. The van der Waals surface area contributed by atoms with E-state index in [1.54, 1.807) is 13.0 Å². The summed E-state index contributed by atoms with van der Waals surface area (Å²) in [5.41, 5.74) is 2.51. The van der Waals surface area contributed by atoms with Crippen molar-refractivity contribution in [3.05, 3.63) is 41.6 Å². The first-order valence-corrected chi connectivity index (χ1v) is 11.8. The van der Waals surface area contributed by atoms with Crippen LogP contribution in [0, 0.1) is 18.7 Å². The van der Waals surface area contributed by atoms with Crippen molar-refractivity contribution in [3.8, 4) is 17.0 Å². The number of halogens is 2. The number of carbonyl (C=O) groups is 2. The van der Waals surface area contributed by atoms with Crippen LogP contribution in [0.25, 0.3) is 22.3 Å². The molecule has 0 aliphatic heterocycles. The lowest BCUT2D eigenvalue weighted by Crippen LogP contribution is -2.39. The number of H-pyrrole nitrogens is 1. The zero-order valence-corrected chi connectivity index (χ0v) is 19.5.